The van der Waals surface area contributed by atoms with Gasteiger partial charge in [0.15, 0.2) is 0 Å². The first-order valence-electron chi connectivity index (χ1n) is 2.51. The molecule has 0 saturated carbocycles. The van der Waals surface area contributed by atoms with E-state index in [-0.39, 0.29) is 0 Å². The van der Waals surface area contributed by atoms with E-state index in [9.17, 15) is 0 Å². The van der Waals surface area contributed by atoms with Gasteiger partial charge in [-0.1, -0.05) is 0 Å². The summed E-state index contributed by atoms with van der Waals surface area (Å²) in [6.45, 7) is 0. The van der Waals surface area contributed by atoms with Crippen LogP contribution in [-0.4, -0.2) is 40.5 Å². The summed E-state index contributed by atoms with van der Waals surface area (Å²) in [6, 6.07) is 0. The number of hydrogen-bond acceptors (Lipinski definition) is 1. The molecule has 0 unspecified atom stereocenters. The second-order valence-corrected chi connectivity index (χ2v) is 2.91. The van der Waals surface area contributed by atoms with E-state index in [4.69, 9.17) is 5.26 Å². The van der Waals surface area contributed by atoms with Gasteiger partial charge in [0.2, 0.25) is 7.85 Å². The Balaban J connectivity index is 0. The van der Waals surface area contributed by atoms with Crippen LogP contribution >= 0.6 is 0 Å². The maximum Gasteiger partial charge on any atom is 0.232 e. The Hall–Kier alpha value is -0.485. The molecule has 0 aliphatic carbocycles. The fourth-order valence-electron chi connectivity index (χ4n) is 0. The van der Waals surface area contributed by atoms with E-state index in [1.165, 1.54) is 7.85 Å². The summed E-state index contributed by atoms with van der Waals surface area (Å²) in [6.07, 6.45) is 0. The first kappa shape index (κ1) is 10.5. The molecule has 8 heavy (non-hydrogen) atoms. The van der Waals surface area contributed by atoms with E-state index in [0.717, 1.165) is 4.48 Å². The lowest BCUT2D eigenvalue weighted by molar-refractivity contribution is -0.849. The molecule has 0 aliphatic heterocycles. The van der Waals surface area contributed by atoms with E-state index in [0.29, 0.717) is 0 Å². The third-order valence-corrected chi connectivity index (χ3v) is 0. The van der Waals surface area contributed by atoms with Crippen molar-refractivity contribution >= 4 is 7.85 Å². The Bertz CT molecular complexity index is 71.4. The standard InChI is InChI=1S/C4H12N.CH2BN/c1-5(2,3)4;2-1-3/h1-4H3;2H2/q+1;. The lowest BCUT2D eigenvalue weighted by Crippen LogP contribution is -2.27. The largest absolute Gasteiger partial charge is 0.333 e. The Kier molecular flexibility index (Phi) is 6.12. The average molecular weight is 113 g/mol. The summed E-state index contributed by atoms with van der Waals surface area (Å²) >= 11 is 0. The average Bonchev–Trinajstić information content (AvgIpc) is 1.27. The van der Waals surface area contributed by atoms with E-state index in [1.54, 1.807) is 5.97 Å². The monoisotopic (exact) mass is 113 g/mol. The molecule has 0 aromatic carbocycles. The van der Waals surface area contributed by atoms with Crippen molar-refractivity contribution in [2.45, 2.75) is 0 Å². The van der Waals surface area contributed by atoms with Gasteiger partial charge in [-0.3, -0.25) is 0 Å². The quantitative estimate of drug-likeness (QED) is 0.304. The minimum atomic E-state index is 1.00. The van der Waals surface area contributed by atoms with Crippen LogP contribution in [0.4, 0.5) is 0 Å². The molecule has 0 atom stereocenters. The van der Waals surface area contributed by atoms with Gasteiger partial charge >= 0.3 is 0 Å². The lowest BCUT2D eigenvalue weighted by Gasteiger charge is -2.14. The van der Waals surface area contributed by atoms with Crippen molar-refractivity contribution in [2.75, 3.05) is 28.2 Å². The van der Waals surface area contributed by atoms with Crippen molar-refractivity contribution < 1.29 is 4.48 Å². The van der Waals surface area contributed by atoms with Crippen LogP contribution in [0.15, 0.2) is 0 Å². The Morgan fingerprint density at radius 1 is 1.25 bits per heavy atom. The van der Waals surface area contributed by atoms with Gasteiger partial charge in [-0.25, -0.2) is 5.26 Å². The summed E-state index contributed by atoms with van der Waals surface area (Å²) in [4.78, 5) is 0. The fraction of sp³-hybridized carbons (Fsp3) is 0.800. The van der Waals surface area contributed by atoms with Gasteiger partial charge in [0.1, 0.15) is 0 Å². The third-order valence-electron chi connectivity index (χ3n) is 0. The van der Waals surface area contributed by atoms with Crippen molar-refractivity contribution in [1.29, 1.82) is 5.26 Å². The van der Waals surface area contributed by atoms with Gasteiger partial charge in [-0.2, -0.15) is 0 Å². The molecule has 0 spiro atoms. The summed E-state index contributed by atoms with van der Waals surface area (Å²) < 4.78 is 1.00. The van der Waals surface area contributed by atoms with Crippen molar-refractivity contribution in [3.8, 4) is 5.97 Å². The molecule has 0 aromatic heterocycles. The lowest BCUT2D eigenvalue weighted by atomic mass is 10.2. The summed E-state index contributed by atoms with van der Waals surface area (Å²) in [7, 11) is 9.93. The highest BCUT2D eigenvalue weighted by atomic mass is 15.2. The summed E-state index contributed by atoms with van der Waals surface area (Å²) in [5.41, 5.74) is 0. The molecular formula is C5H14BN2+. The minimum Gasteiger partial charge on any atom is -0.333 e. The third kappa shape index (κ3) is 478. The first-order valence-corrected chi connectivity index (χ1v) is 2.51. The van der Waals surface area contributed by atoms with Gasteiger partial charge in [0.05, 0.1) is 28.2 Å². The molecule has 0 heterocycles. The van der Waals surface area contributed by atoms with Crippen LogP contribution in [-0.2, 0) is 0 Å². The molecule has 0 rings (SSSR count). The Labute approximate surface area is 52.7 Å². The van der Waals surface area contributed by atoms with Gasteiger partial charge in [-0.15, -0.1) is 0 Å². The molecular weight excluding hydrogens is 98.9 g/mol. The van der Waals surface area contributed by atoms with Crippen LogP contribution in [0.2, 0.25) is 0 Å². The zero-order chi connectivity index (χ0) is 7.21. The molecule has 0 aliphatic rings. The zero-order valence-electron chi connectivity index (χ0n) is 6.39. The van der Waals surface area contributed by atoms with Crippen molar-refractivity contribution in [3.05, 3.63) is 0 Å². The normalized spacial score (nSPS) is 8.38. The van der Waals surface area contributed by atoms with Crippen LogP contribution in [0.3, 0.4) is 0 Å². The second kappa shape index (κ2) is 4.67. The summed E-state index contributed by atoms with van der Waals surface area (Å²) in [5.74, 6) is 1.75. The topological polar surface area (TPSA) is 23.8 Å². The maximum atomic E-state index is 7.32. The predicted molar refractivity (Wildman–Crippen MR) is 38.1 cm³/mol. The van der Waals surface area contributed by atoms with Crippen molar-refractivity contribution in [2.24, 2.45) is 0 Å². The van der Waals surface area contributed by atoms with Gasteiger partial charge in [-0.05, 0) is 5.97 Å². The van der Waals surface area contributed by atoms with E-state index < -0.39 is 0 Å². The summed E-state index contributed by atoms with van der Waals surface area (Å²) in [5, 5.41) is 7.32. The second-order valence-electron chi connectivity index (χ2n) is 2.91. The number of nitriles is 1. The fourth-order valence-corrected chi connectivity index (χ4v) is 0. The molecule has 0 fully saturated rings. The van der Waals surface area contributed by atoms with Crippen LogP contribution in [0, 0.1) is 11.2 Å². The number of quaternary nitrogens is 1. The molecule has 0 saturated heterocycles. The molecule has 0 N–H and O–H groups in total. The molecule has 0 aromatic rings. The predicted octanol–water partition coefficient (Wildman–Crippen LogP) is -0.577. The van der Waals surface area contributed by atoms with Gasteiger partial charge in [0, 0.05) is 0 Å². The SMILES string of the molecule is BC#N.C[N+](C)(C)C. The highest BCUT2D eigenvalue weighted by Crippen LogP contribution is 1.73. The van der Waals surface area contributed by atoms with Crippen LogP contribution in [0.5, 0.6) is 0 Å². The smallest absolute Gasteiger partial charge is 0.232 e. The minimum absolute atomic E-state index is 1.00. The highest BCUT2D eigenvalue weighted by molar-refractivity contribution is 6.20. The molecule has 2 nitrogen and oxygen atoms in total. The van der Waals surface area contributed by atoms with E-state index in [1.807, 2.05) is 0 Å². The Morgan fingerprint density at radius 2 is 1.25 bits per heavy atom. The van der Waals surface area contributed by atoms with Crippen molar-refractivity contribution in [3.63, 3.8) is 0 Å². The van der Waals surface area contributed by atoms with Crippen molar-refractivity contribution in [1.82, 2.24) is 0 Å². The molecule has 3 heteroatoms. The number of hydrogen-bond donors (Lipinski definition) is 0. The first-order chi connectivity index (χ1) is 3.41. The van der Waals surface area contributed by atoms with E-state index in [2.05, 4.69) is 28.2 Å². The van der Waals surface area contributed by atoms with E-state index >= 15 is 0 Å². The Morgan fingerprint density at radius 3 is 1.25 bits per heavy atom. The maximum absolute atomic E-state index is 7.32. The van der Waals surface area contributed by atoms with Crippen LogP contribution in [0.25, 0.3) is 0 Å². The van der Waals surface area contributed by atoms with Gasteiger partial charge in [0.25, 0.3) is 0 Å². The molecule has 0 bridgehead atoms. The number of nitrogens with zero attached hydrogens (tertiary/aromatic N) is 2. The molecule has 0 amide bonds. The highest BCUT2D eigenvalue weighted by Gasteiger charge is 1.88. The molecule has 0 radical (unpaired) electrons. The number of rotatable bonds is 0. The molecule has 46 valence electrons. The van der Waals surface area contributed by atoms with Gasteiger partial charge < -0.3 is 4.48 Å². The van der Waals surface area contributed by atoms with Crippen LogP contribution < -0.4 is 0 Å². The zero-order valence-corrected chi connectivity index (χ0v) is 6.39. The van der Waals surface area contributed by atoms with Crippen LogP contribution in [0.1, 0.15) is 0 Å².